The van der Waals surface area contributed by atoms with E-state index in [-0.39, 0.29) is 0 Å². The van der Waals surface area contributed by atoms with Crippen molar-refractivity contribution >= 4 is 38.9 Å². The second-order valence-electron chi connectivity index (χ2n) is 7.18. The Bertz CT molecular complexity index is 946. The van der Waals surface area contributed by atoms with Gasteiger partial charge in [-0.2, -0.15) is 0 Å². The van der Waals surface area contributed by atoms with Crippen LogP contribution in [0.5, 0.6) is 0 Å². The summed E-state index contributed by atoms with van der Waals surface area (Å²) in [5.74, 6) is 0.643. The van der Waals surface area contributed by atoms with E-state index in [9.17, 15) is 4.79 Å². The Kier molecular flexibility index (Phi) is 4.28. The van der Waals surface area contributed by atoms with Gasteiger partial charge in [-0.15, -0.1) is 5.10 Å². The third-order valence-electron chi connectivity index (χ3n) is 5.18. The van der Waals surface area contributed by atoms with Crippen LogP contribution in [0.1, 0.15) is 19.3 Å². The molecule has 3 aromatic rings. The summed E-state index contributed by atoms with van der Waals surface area (Å²) in [5, 5.41) is 6.42. The number of benzene rings is 1. The molecule has 0 unspecified atom stereocenters. The van der Waals surface area contributed by atoms with Crippen LogP contribution in [0.4, 0.5) is 5.13 Å². The summed E-state index contributed by atoms with van der Waals surface area (Å²) in [6.07, 6.45) is 5.08. The first kappa shape index (κ1) is 17.0. The van der Waals surface area contributed by atoms with E-state index >= 15 is 0 Å². The zero-order valence-electron chi connectivity index (χ0n) is 14.8. The molecule has 8 heteroatoms. The van der Waals surface area contributed by atoms with Crippen molar-refractivity contribution < 1.29 is 4.79 Å². The Morgan fingerprint density at radius 2 is 1.93 bits per heavy atom. The molecule has 2 fully saturated rings. The van der Waals surface area contributed by atoms with Gasteiger partial charge in [-0.05, 0) is 31.4 Å². The topological polar surface area (TPSA) is 53.7 Å². The smallest absolute Gasteiger partial charge is 0.225 e. The zero-order valence-corrected chi connectivity index (χ0v) is 16.4. The molecule has 0 atom stereocenters. The first-order chi connectivity index (χ1) is 13.2. The number of aromatic nitrogens is 3. The predicted molar refractivity (Wildman–Crippen MR) is 107 cm³/mol. The van der Waals surface area contributed by atoms with Gasteiger partial charge >= 0.3 is 0 Å². The van der Waals surface area contributed by atoms with E-state index in [1.807, 2.05) is 39.9 Å². The first-order valence-electron chi connectivity index (χ1n) is 9.33. The van der Waals surface area contributed by atoms with Gasteiger partial charge in [0.2, 0.25) is 16.0 Å². The molecule has 1 aliphatic carbocycles. The molecular weight excluding hydrogens is 382 g/mol. The van der Waals surface area contributed by atoms with Crippen LogP contribution in [-0.2, 0) is 4.79 Å². The van der Waals surface area contributed by atoms with E-state index in [1.165, 1.54) is 0 Å². The highest BCUT2D eigenvalue weighted by molar-refractivity contribution is 7.20. The lowest BCUT2D eigenvalue weighted by Crippen LogP contribution is -2.36. The van der Waals surface area contributed by atoms with Crippen molar-refractivity contribution in [3.8, 4) is 11.3 Å². The third kappa shape index (κ3) is 3.41. The number of hydrogen-bond acceptors (Lipinski definition) is 5. The Hall–Kier alpha value is -2.12. The molecule has 0 radical (unpaired) electrons. The Morgan fingerprint density at radius 3 is 2.67 bits per heavy atom. The molecule has 27 heavy (non-hydrogen) atoms. The number of hydrogen-bond donors (Lipinski definition) is 0. The van der Waals surface area contributed by atoms with Crippen LogP contribution >= 0.6 is 22.9 Å². The fourth-order valence-electron chi connectivity index (χ4n) is 3.49. The van der Waals surface area contributed by atoms with Crippen LogP contribution in [0.2, 0.25) is 5.02 Å². The third-order valence-corrected chi connectivity index (χ3v) is 6.41. The molecule has 1 amide bonds. The van der Waals surface area contributed by atoms with Gasteiger partial charge in [0.15, 0.2) is 0 Å². The van der Waals surface area contributed by atoms with Gasteiger partial charge in [0, 0.05) is 42.7 Å². The fraction of sp³-hybridized carbons (Fsp3) is 0.421. The minimum absolute atomic E-state index is 0.297. The average molecular weight is 402 g/mol. The minimum atomic E-state index is 0.297. The van der Waals surface area contributed by atoms with Crippen molar-refractivity contribution in [3.05, 3.63) is 35.5 Å². The van der Waals surface area contributed by atoms with Crippen molar-refractivity contribution in [1.29, 1.82) is 0 Å². The van der Waals surface area contributed by atoms with Gasteiger partial charge in [0.1, 0.15) is 0 Å². The molecule has 1 aliphatic heterocycles. The van der Waals surface area contributed by atoms with Gasteiger partial charge in [0.05, 0.1) is 11.9 Å². The van der Waals surface area contributed by atoms with Crippen molar-refractivity contribution in [3.63, 3.8) is 0 Å². The summed E-state index contributed by atoms with van der Waals surface area (Å²) in [6.45, 7) is 3.40. The monoisotopic (exact) mass is 401 g/mol. The van der Waals surface area contributed by atoms with Crippen molar-refractivity contribution in [1.82, 2.24) is 19.5 Å². The molecule has 1 saturated carbocycles. The molecular formula is C19H20ClN5OS. The Morgan fingerprint density at radius 1 is 1.11 bits per heavy atom. The summed E-state index contributed by atoms with van der Waals surface area (Å²) in [5.41, 5.74) is 1.93. The lowest BCUT2D eigenvalue weighted by molar-refractivity contribution is -0.132. The summed E-state index contributed by atoms with van der Waals surface area (Å²) < 4.78 is 1.85. The second-order valence-corrected chi connectivity index (χ2v) is 8.56. The van der Waals surface area contributed by atoms with Crippen LogP contribution in [0, 0.1) is 5.92 Å². The van der Waals surface area contributed by atoms with Gasteiger partial charge in [-0.3, -0.25) is 4.79 Å². The number of anilines is 1. The van der Waals surface area contributed by atoms with Crippen molar-refractivity contribution in [2.75, 3.05) is 31.1 Å². The highest BCUT2D eigenvalue weighted by Gasteiger charge is 2.34. The van der Waals surface area contributed by atoms with E-state index in [0.717, 1.165) is 71.8 Å². The van der Waals surface area contributed by atoms with Gasteiger partial charge in [0.25, 0.3) is 0 Å². The molecule has 6 nitrogen and oxygen atoms in total. The highest BCUT2D eigenvalue weighted by atomic mass is 35.5. The number of nitrogens with zero attached hydrogens (tertiary/aromatic N) is 5. The van der Waals surface area contributed by atoms with Crippen molar-refractivity contribution in [2.24, 2.45) is 5.92 Å². The Balaban J connectivity index is 1.32. The molecule has 2 aliphatic rings. The summed E-state index contributed by atoms with van der Waals surface area (Å²) >= 11 is 7.56. The zero-order chi connectivity index (χ0) is 18.4. The standard InChI is InChI=1S/C19H20ClN5OS/c20-15-6-4-13(5-7-15)16-12-25-18(21-16)27-19(22-25)24-9-1-8-23(10-11-24)17(26)14-2-3-14/h4-7,12,14H,1-3,8-11H2. The molecule has 0 N–H and O–H groups in total. The predicted octanol–water partition coefficient (Wildman–Crippen LogP) is 3.56. The molecule has 140 valence electrons. The number of carbonyl (C=O) groups excluding carboxylic acids is 1. The van der Waals surface area contributed by atoms with Crippen LogP contribution in [0.25, 0.3) is 16.2 Å². The number of amides is 1. The lowest BCUT2D eigenvalue weighted by Gasteiger charge is -2.21. The van der Waals surface area contributed by atoms with E-state index in [2.05, 4.69) is 4.90 Å². The number of carbonyl (C=O) groups is 1. The maximum Gasteiger partial charge on any atom is 0.225 e. The van der Waals surface area contributed by atoms with Gasteiger partial charge < -0.3 is 9.80 Å². The highest BCUT2D eigenvalue weighted by Crippen LogP contribution is 2.32. The van der Waals surface area contributed by atoms with E-state index in [4.69, 9.17) is 21.7 Å². The van der Waals surface area contributed by atoms with Gasteiger partial charge in [-0.1, -0.05) is 35.1 Å². The Labute approximate surface area is 166 Å². The maximum absolute atomic E-state index is 12.3. The quantitative estimate of drug-likeness (QED) is 0.673. The van der Waals surface area contributed by atoms with Crippen LogP contribution in [-0.4, -0.2) is 51.6 Å². The normalized spacial score (nSPS) is 18.1. The number of imidazole rings is 1. The molecule has 1 saturated heterocycles. The molecule has 2 aromatic heterocycles. The average Bonchev–Trinajstić information content (AvgIpc) is 3.39. The van der Waals surface area contributed by atoms with E-state index in [1.54, 1.807) is 11.3 Å². The number of halogens is 1. The molecule has 0 bridgehead atoms. The van der Waals surface area contributed by atoms with Crippen molar-refractivity contribution in [2.45, 2.75) is 19.3 Å². The SMILES string of the molecule is O=C(C1CC1)N1CCCN(c2nn3cc(-c4ccc(Cl)cc4)nc3s2)CC1. The molecule has 3 heterocycles. The first-order valence-corrected chi connectivity index (χ1v) is 10.5. The molecule has 1 aromatic carbocycles. The summed E-state index contributed by atoms with van der Waals surface area (Å²) in [6, 6.07) is 7.68. The molecule has 5 rings (SSSR count). The number of fused-ring (bicyclic) bond motifs is 1. The fourth-order valence-corrected chi connectivity index (χ4v) is 4.56. The second kappa shape index (κ2) is 6.80. The number of rotatable bonds is 3. The largest absolute Gasteiger partial charge is 0.345 e. The maximum atomic E-state index is 12.3. The minimum Gasteiger partial charge on any atom is -0.345 e. The summed E-state index contributed by atoms with van der Waals surface area (Å²) in [4.78, 5) is 22.2. The van der Waals surface area contributed by atoms with Gasteiger partial charge in [-0.25, -0.2) is 9.50 Å². The molecule has 0 spiro atoms. The summed E-state index contributed by atoms with van der Waals surface area (Å²) in [7, 11) is 0. The van der Waals surface area contributed by atoms with E-state index < -0.39 is 0 Å². The van der Waals surface area contributed by atoms with E-state index in [0.29, 0.717) is 11.8 Å². The van der Waals surface area contributed by atoms with Crippen LogP contribution < -0.4 is 4.90 Å². The van der Waals surface area contributed by atoms with Crippen LogP contribution in [0.3, 0.4) is 0 Å². The lowest BCUT2D eigenvalue weighted by atomic mass is 10.2. The van der Waals surface area contributed by atoms with Crippen LogP contribution in [0.15, 0.2) is 30.5 Å².